The first-order chi connectivity index (χ1) is 11.1. The molecule has 0 saturated carbocycles. The second-order valence-electron chi connectivity index (χ2n) is 5.73. The zero-order chi connectivity index (χ0) is 16.2. The summed E-state index contributed by atoms with van der Waals surface area (Å²) in [4.78, 5) is 17.8. The number of para-hydroxylation sites is 1. The molecule has 0 unspecified atom stereocenters. The Morgan fingerprint density at radius 1 is 1.43 bits per heavy atom. The molecular weight excluding hydrogens is 310 g/mol. The largest absolute Gasteiger partial charge is 0.493 e. The average molecular weight is 331 g/mol. The number of aryl methyl sites for hydroxylation is 1. The first-order valence-electron chi connectivity index (χ1n) is 7.84. The predicted molar refractivity (Wildman–Crippen MR) is 90.8 cm³/mol. The molecule has 2 N–H and O–H groups in total. The Morgan fingerprint density at radius 2 is 2.26 bits per heavy atom. The number of carbonyl (C=O) groups excluding carboxylic acids is 1. The van der Waals surface area contributed by atoms with E-state index in [-0.39, 0.29) is 18.1 Å². The molecule has 122 valence electrons. The van der Waals surface area contributed by atoms with Crippen LogP contribution in [0.15, 0.2) is 30.5 Å². The van der Waals surface area contributed by atoms with Crippen molar-refractivity contribution in [3.63, 3.8) is 0 Å². The van der Waals surface area contributed by atoms with Crippen LogP contribution in [0.5, 0.6) is 5.75 Å². The summed E-state index contributed by atoms with van der Waals surface area (Å²) >= 11 is 1.60. The van der Waals surface area contributed by atoms with Crippen LogP contribution < -0.4 is 15.4 Å². The van der Waals surface area contributed by atoms with E-state index in [0.717, 1.165) is 34.0 Å². The zero-order valence-electron chi connectivity index (χ0n) is 13.3. The van der Waals surface area contributed by atoms with Gasteiger partial charge in [0, 0.05) is 16.6 Å². The summed E-state index contributed by atoms with van der Waals surface area (Å²) in [6.07, 6.45) is 3.62. The first-order valence-corrected chi connectivity index (χ1v) is 8.66. The third-order valence-electron chi connectivity index (χ3n) is 3.85. The van der Waals surface area contributed by atoms with Crippen molar-refractivity contribution in [2.45, 2.75) is 38.8 Å². The molecule has 5 nitrogen and oxygen atoms in total. The summed E-state index contributed by atoms with van der Waals surface area (Å²) in [6.45, 7) is 4.64. The normalized spacial score (nSPS) is 18.3. The molecule has 2 amide bonds. The van der Waals surface area contributed by atoms with E-state index in [9.17, 15) is 4.79 Å². The Hall–Kier alpha value is -2.08. The highest BCUT2D eigenvalue weighted by Gasteiger charge is 2.22. The van der Waals surface area contributed by atoms with Gasteiger partial charge < -0.3 is 15.4 Å². The SMILES string of the molecule is Cc1cnc([C@@H](C)NC(=O)N[C@H]2CCCOc3ccccc32)s1. The Bertz CT molecular complexity index is 686. The highest BCUT2D eigenvalue weighted by molar-refractivity contribution is 7.11. The summed E-state index contributed by atoms with van der Waals surface area (Å²) in [6, 6.07) is 7.58. The van der Waals surface area contributed by atoms with Gasteiger partial charge >= 0.3 is 6.03 Å². The van der Waals surface area contributed by atoms with Crippen molar-refractivity contribution in [2.24, 2.45) is 0 Å². The number of nitrogens with one attached hydrogen (secondary N) is 2. The summed E-state index contributed by atoms with van der Waals surface area (Å²) in [5.74, 6) is 0.860. The number of hydrogen-bond acceptors (Lipinski definition) is 4. The van der Waals surface area contributed by atoms with Gasteiger partial charge in [-0.1, -0.05) is 18.2 Å². The summed E-state index contributed by atoms with van der Waals surface area (Å²) < 4.78 is 5.73. The van der Waals surface area contributed by atoms with Gasteiger partial charge in [-0.05, 0) is 32.8 Å². The third kappa shape index (κ3) is 3.82. The second-order valence-corrected chi connectivity index (χ2v) is 7.00. The number of ether oxygens (including phenoxy) is 1. The van der Waals surface area contributed by atoms with Crippen LogP contribution in [0.25, 0.3) is 0 Å². The van der Waals surface area contributed by atoms with Gasteiger partial charge in [-0.15, -0.1) is 11.3 Å². The molecule has 1 aromatic carbocycles. The molecule has 3 rings (SSSR count). The van der Waals surface area contributed by atoms with Gasteiger partial charge in [0.05, 0.1) is 18.7 Å². The van der Waals surface area contributed by atoms with Crippen molar-refractivity contribution < 1.29 is 9.53 Å². The highest BCUT2D eigenvalue weighted by Crippen LogP contribution is 2.31. The summed E-state index contributed by atoms with van der Waals surface area (Å²) in [5, 5.41) is 6.95. The molecule has 0 bridgehead atoms. The van der Waals surface area contributed by atoms with Crippen molar-refractivity contribution >= 4 is 17.4 Å². The number of aromatic nitrogens is 1. The number of amides is 2. The lowest BCUT2D eigenvalue weighted by atomic mass is 10.0. The number of hydrogen-bond donors (Lipinski definition) is 2. The van der Waals surface area contributed by atoms with E-state index in [1.807, 2.05) is 44.3 Å². The van der Waals surface area contributed by atoms with E-state index in [0.29, 0.717) is 6.61 Å². The number of nitrogens with zero attached hydrogens (tertiary/aromatic N) is 1. The van der Waals surface area contributed by atoms with Crippen LogP contribution in [0.3, 0.4) is 0 Å². The quantitative estimate of drug-likeness (QED) is 0.901. The van der Waals surface area contributed by atoms with E-state index in [1.165, 1.54) is 0 Å². The maximum atomic E-state index is 12.3. The number of urea groups is 1. The minimum atomic E-state index is -0.174. The Labute approximate surface area is 140 Å². The third-order valence-corrected chi connectivity index (χ3v) is 4.95. The molecule has 0 spiro atoms. The monoisotopic (exact) mass is 331 g/mol. The molecule has 2 heterocycles. The van der Waals surface area contributed by atoms with Crippen molar-refractivity contribution in [3.05, 3.63) is 45.9 Å². The van der Waals surface area contributed by atoms with E-state index in [1.54, 1.807) is 11.3 Å². The van der Waals surface area contributed by atoms with E-state index in [4.69, 9.17) is 4.74 Å². The molecule has 2 aromatic rings. The first kappa shape index (κ1) is 15.8. The minimum Gasteiger partial charge on any atom is -0.493 e. The number of thiazole rings is 1. The van der Waals surface area contributed by atoms with Gasteiger partial charge in [0.25, 0.3) is 0 Å². The maximum absolute atomic E-state index is 12.3. The minimum absolute atomic E-state index is 0.0288. The number of carbonyl (C=O) groups is 1. The van der Waals surface area contributed by atoms with Gasteiger partial charge in [-0.3, -0.25) is 0 Å². The van der Waals surface area contributed by atoms with Gasteiger partial charge in [0.2, 0.25) is 0 Å². The van der Waals surface area contributed by atoms with Crippen molar-refractivity contribution in [2.75, 3.05) is 6.61 Å². The molecule has 0 radical (unpaired) electrons. The van der Waals surface area contributed by atoms with E-state index >= 15 is 0 Å². The van der Waals surface area contributed by atoms with Crippen molar-refractivity contribution in [3.8, 4) is 5.75 Å². The van der Waals surface area contributed by atoms with Crippen molar-refractivity contribution in [1.82, 2.24) is 15.6 Å². The van der Waals surface area contributed by atoms with Crippen LogP contribution in [0.4, 0.5) is 4.79 Å². The maximum Gasteiger partial charge on any atom is 0.315 e. The molecule has 23 heavy (non-hydrogen) atoms. The van der Waals surface area contributed by atoms with E-state index < -0.39 is 0 Å². The lowest BCUT2D eigenvalue weighted by Crippen LogP contribution is -2.39. The Balaban J connectivity index is 1.65. The fourth-order valence-corrected chi connectivity index (χ4v) is 3.48. The van der Waals surface area contributed by atoms with Crippen LogP contribution in [-0.4, -0.2) is 17.6 Å². The van der Waals surface area contributed by atoms with Crippen LogP contribution in [0.1, 0.15) is 47.3 Å². The average Bonchev–Trinajstić information content (AvgIpc) is 2.87. The number of rotatable bonds is 3. The lowest BCUT2D eigenvalue weighted by Gasteiger charge is -2.20. The molecular formula is C17H21N3O2S. The molecule has 1 aliphatic heterocycles. The van der Waals surface area contributed by atoms with Crippen LogP contribution >= 0.6 is 11.3 Å². The molecule has 6 heteroatoms. The second kappa shape index (κ2) is 7.00. The molecule has 1 aliphatic rings. The zero-order valence-corrected chi connectivity index (χ0v) is 14.2. The van der Waals surface area contributed by atoms with Crippen molar-refractivity contribution in [1.29, 1.82) is 0 Å². The van der Waals surface area contributed by atoms with Crippen LogP contribution in [-0.2, 0) is 0 Å². The fourth-order valence-electron chi connectivity index (χ4n) is 2.71. The van der Waals surface area contributed by atoms with Crippen LogP contribution in [0, 0.1) is 6.92 Å². The number of fused-ring (bicyclic) bond motifs is 1. The molecule has 0 saturated heterocycles. The topological polar surface area (TPSA) is 63.2 Å². The summed E-state index contributed by atoms with van der Waals surface area (Å²) in [7, 11) is 0. The van der Waals surface area contributed by atoms with Gasteiger partial charge in [0.15, 0.2) is 0 Å². The smallest absolute Gasteiger partial charge is 0.315 e. The van der Waals surface area contributed by atoms with Gasteiger partial charge in [-0.2, -0.15) is 0 Å². The standard InChI is InChI=1S/C17H21N3O2S/c1-11-10-18-16(23-11)12(2)19-17(21)20-14-7-5-9-22-15-8-4-3-6-13(14)15/h3-4,6,8,10,12,14H,5,7,9H2,1-2H3,(H2,19,20,21)/t12-,14+/m1/s1. The summed E-state index contributed by atoms with van der Waals surface area (Å²) in [5.41, 5.74) is 1.04. The molecule has 0 fully saturated rings. The van der Waals surface area contributed by atoms with Crippen LogP contribution in [0.2, 0.25) is 0 Å². The predicted octanol–water partition coefficient (Wildman–Crippen LogP) is 3.73. The van der Waals surface area contributed by atoms with Gasteiger partial charge in [0.1, 0.15) is 10.8 Å². The molecule has 2 atom stereocenters. The van der Waals surface area contributed by atoms with E-state index in [2.05, 4.69) is 15.6 Å². The number of benzene rings is 1. The Morgan fingerprint density at radius 3 is 3.04 bits per heavy atom. The lowest BCUT2D eigenvalue weighted by molar-refractivity contribution is 0.233. The highest BCUT2D eigenvalue weighted by atomic mass is 32.1. The molecule has 1 aromatic heterocycles. The van der Waals surface area contributed by atoms with Gasteiger partial charge in [-0.25, -0.2) is 9.78 Å². The molecule has 0 aliphatic carbocycles. The Kier molecular flexibility index (Phi) is 4.81. The fraction of sp³-hybridized carbons (Fsp3) is 0.412.